The molecule has 3 aromatic rings. The third-order valence-electron chi connectivity index (χ3n) is 7.51. The molecule has 2 aromatic carbocycles. The molecular weight excluding hydrogens is 558 g/mol. The number of hydrogen-bond acceptors (Lipinski definition) is 12. The number of carbonyl (C=O) groups is 2. The van der Waals surface area contributed by atoms with E-state index in [9.17, 15) is 19.8 Å². The molecule has 1 aromatic heterocycles. The zero-order valence-electron chi connectivity index (χ0n) is 23.7. The average molecular weight is 592 g/mol. The largest absolute Gasteiger partial charge is 0.491 e. The summed E-state index contributed by atoms with van der Waals surface area (Å²) in [5.41, 5.74) is 5.70. The van der Waals surface area contributed by atoms with E-state index in [0.717, 1.165) is 36.0 Å². The summed E-state index contributed by atoms with van der Waals surface area (Å²) in [5, 5.41) is 24.9. The smallest absolute Gasteiger partial charge is 0.335 e. The normalized spacial score (nSPS) is 17.7. The first-order valence-electron chi connectivity index (χ1n) is 14.0. The lowest BCUT2D eigenvalue weighted by atomic mass is 10.1. The monoisotopic (exact) mass is 591 g/mol. The second-order valence-corrected chi connectivity index (χ2v) is 10.3. The van der Waals surface area contributed by atoms with Crippen molar-refractivity contribution >= 4 is 35.1 Å². The van der Waals surface area contributed by atoms with Crippen LogP contribution in [0.25, 0.3) is 0 Å². The summed E-state index contributed by atoms with van der Waals surface area (Å²) in [4.78, 5) is 37.0. The van der Waals surface area contributed by atoms with Crippen LogP contribution in [0.1, 0.15) is 38.1 Å². The van der Waals surface area contributed by atoms with Gasteiger partial charge >= 0.3 is 5.97 Å². The van der Waals surface area contributed by atoms with Gasteiger partial charge < -0.3 is 39.5 Å². The van der Waals surface area contributed by atoms with Crippen molar-refractivity contribution in [3.05, 3.63) is 64.7 Å². The topological polar surface area (TPSA) is 162 Å². The molecule has 0 bridgehead atoms. The molecule has 0 saturated carbocycles. The van der Waals surface area contributed by atoms with E-state index in [1.54, 1.807) is 0 Å². The summed E-state index contributed by atoms with van der Waals surface area (Å²) in [6, 6.07) is 11.6. The van der Waals surface area contributed by atoms with Gasteiger partial charge in [-0.3, -0.25) is 9.80 Å². The Labute approximate surface area is 247 Å². The first-order chi connectivity index (χ1) is 20.9. The van der Waals surface area contributed by atoms with Gasteiger partial charge in [-0.25, -0.2) is 10.2 Å². The van der Waals surface area contributed by atoms with Crippen molar-refractivity contribution < 1.29 is 34.0 Å². The van der Waals surface area contributed by atoms with Crippen LogP contribution in [0.3, 0.4) is 0 Å². The van der Waals surface area contributed by atoms with Crippen LogP contribution in [-0.2, 0) is 16.0 Å². The van der Waals surface area contributed by atoms with Gasteiger partial charge in [0.25, 0.3) is 5.91 Å². The molecule has 4 N–H and O–H groups in total. The SMILES string of the molecule is CN1NCc2c(N3CCOCC3)nc(Nc3cccc(OCCOCCN4C(=O)c5cc(C(=O)O)ccc5C4O)c3)nc21. The number of nitrogens with one attached hydrogen (secondary N) is 2. The van der Waals surface area contributed by atoms with Gasteiger partial charge in [-0.2, -0.15) is 9.97 Å². The van der Waals surface area contributed by atoms with Crippen LogP contribution in [0, 0.1) is 0 Å². The van der Waals surface area contributed by atoms with Gasteiger partial charge in [0.15, 0.2) is 12.0 Å². The van der Waals surface area contributed by atoms with Crippen molar-refractivity contribution in [3.63, 3.8) is 0 Å². The molecule has 0 aliphatic carbocycles. The first kappa shape index (κ1) is 28.6. The fourth-order valence-electron chi connectivity index (χ4n) is 5.29. The number of rotatable bonds is 11. The molecule has 1 saturated heterocycles. The van der Waals surface area contributed by atoms with Crippen molar-refractivity contribution in [2.75, 3.05) is 74.9 Å². The van der Waals surface area contributed by atoms with E-state index in [2.05, 4.69) is 15.6 Å². The van der Waals surface area contributed by atoms with Crippen LogP contribution >= 0.6 is 0 Å². The lowest BCUT2D eigenvalue weighted by Gasteiger charge is -2.29. The van der Waals surface area contributed by atoms with E-state index in [0.29, 0.717) is 37.0 Å². The van der Waals surface area contributed by atoms with Gasteiger partial charge in [-0.05, 0) is 24.3 Å². The molecule has 6 rings (SSSR count). The number of benzene rings is 2. The summed E-state index contributed by atoms with van der Waals surface area (Å²) in [5.74, 6) is 1.29. The Morgan fingerprint density at radius 2 is 1.93 bits per heavy atom. The van der Waals surface area contributed by atoms with Crippen LogP contribution in [-0.4, -0.2) is 96.7 Å². The lowest BCUT2D eigenvalue weighted by Crippen LogP contribution is -2.37. The second kappa shape index (κ2) is 12.4. The number of hydrogen-bond donors (Lipinski definition) is 4. The Bertz CT molecular complexity index is 1510. The first-order valence-corrected chi connectivity index (χ1v) is 14.0. The number of aliphatic hydroxyl groups excluding tert-OH is 1. The standard InChI is InChI=1S/C29H33N7O7/c1-34-24-23(17-30-34)25(35-7-10-41-11-8-35)33-29(32-24)31-19-3-2-4-20(16-19)43-14-13-42-12-9-36-26(37)21-6-5-18(28(39)40)15-22(21)27(36)38/h2-6,15-16,26,30,37H,7-14,17H2,1H3,(H,39,40)(H,31,32,33). The van der Waals surface area contributed by atoms with Gasteiger partial charge in [0.2, 0.25) is 5.95 Å². The third kappa shape index (κ3) is 6.03. The number of amides is 1. The number of ether oxygens (including phenoxy) is 3. The molecule has 14 heteroatoms. The minimum atomic E-state index is -1.14. The van der Waals surface area contributed by atoms with Gasteiger partial charge in [-0.15, -0.1) is 0 Å². The minimum absolute atomic E-state index is 0.00346. The highest BCUT2D eigenvalue weighted by Gasteiger charge is 2.35. The zero-order chi connectivity index (χ0) is 29.9. The maximum atomic E-state index is 12.7. The molecule has 1 fully saturated rings. The summed E-state index contributed by atoms with van der Waals surface area (Å²) >= 11 is 0. The molecule has 43 heavy (non-hydrogen) atoms. The predicted octanol–water partition coefficient (Wildman–Crippen LogP) is 1.75. The van der Waals surface area contributed by atoms with E-state index in [1.807, 2.05) is 36.3 Å². The van der Waals surface area contributed by atoms with E-state index in [-0.39, 0.29) is 37.5 Å². The number of aromatic carboxylic acids is 1. The predicted molar refractivity (Wildman–Crippen MR) is 156 cm³/mol. The second-order valence-electron chi connectivity index (χ2n) is 10.3. The van der Waals surface area contributed by atoms with E-state index in [4.69, 9.17) is 24.2 Å². The van der Waals surface area contributed by atoms with Gasteiger partial charge in [-0.1, -0.05) is 12.1 Å². The molecule has 1 unspecified atom stereocenters. The number of anilines is 4. The number of fused-ring (bicyclic) bond motifs is 2. The quantitative estimate of drug-likeness (QED) is 0.239. The maximum Gasteiger partial charge on any atom is 0.335 e. The highest BCUT2D eigenvalue weighted by atomic mass is 16.5. The highest BCUT2D eigenvalue weighted by Crippen LogP contribution is 2.33. The Hall–Kier alpha value is -4.50. The van der Waals surface area contributed by atoms with Gasteiger partial charge in [0.05, 0.1) is 37.6 Å². The van der Waals surface area contributed by atoms with Crippen LogP contribution in [0.15, 0.2) is 42.5 Å². The van der Waals surface area contributed by atoms with Crippen LogP contribution in [0.5, 0.6) is 5.75 Å². The van der Waals surface area contributed by atoms with Crippen LogP contribution in [0.4, 0.5) is 23.3 Å². The molecule has 1 amide bonds. The van der Waals surface area contributed by atoms with Crippen molar-refractivity contribution in [3.8, 4) is 5.75 Å². The summed E-state index contributed by atoms with van der Waals surface area (Å²) in [6.07, 6.45) is -1.14. The van der Waals surface area contributed by atoms with Crippen molar-refractivity contribution in [2.45, 2.75) is 12.8 Å². The van der Waals surface area contributed by atoms with Crippen LogP contribution < -0.4 is 25.4 Å². The van der Waals surface area contributed by atoms with Gasteiger partial charge in [0.1, 0.15) is 18.2 Å². The average Bonchev–Trinajstić information content (AvgIpc) is 3.50. The van der Waals surface area contributed by atoms with Crippen molar-refractivity contribution in [2.24, 2.45) is 0 Å². The summed E-state index contributed by atoms with van der Waals surface area (Å²) < 4.78 is 17.0. The molecule has 0 radical (unpaired) electrons. The fraction of sp³-hybridized carbons (Fsp3) is 0.379. The molecule has 4 heterocycles. The molecule has 0 spiro atoms. The third-order valence-corrected chi connectivity index (χ3v) is 7.51. The Balaban J connectivity index is 1.00. The lowest BCUT2D eigenvalue weighted by molar-refractivity contribution is 0.000267. The Morgan fingerprint density at radius 3 is 2.74 bits per heavy atom. The molecular formula is C29H33N7O7. The number of carboxylic acids is 1. The Kier molecular flexibility index (Phi) is 8.24. The summed E-state index contributed by atoms with van der Waals surface area (Å²) in [7, 11) is 1.93. The molecule has 3 aliphatic rings. The minimum Gasteiger partial charge on any atom is -0.491 e. The number of aromatic nitrogens is 2. The number of hydrazine groups is 1. The molecule has 14 nitrogen and oxygen atoms in total. The molecule has 226 valence electrons. The van der Waals surface area contributed by atoms with E-state index >= 15 is 0 Å². The van der Waals surface area contributed by atoms with E-state index < -0.39 is 18.1 Å². The van der Waals surface area contributed by atoms with Crippen molar-refractivity contribution in [1.82, 2.24) is 20.3 Å². The highest BCUT2D eigenvalue weighted by molar-refractivity contribution is 6.01. The number of nitrogens with zero attached hydrogens (tertiary/aromatic N) is 5. The van der Waals surface area contributed by atoms with Crippen molar-refractivity contribution in [1.29, 1.82) is 0 Å². The molecule has 3 aliphatic heterocycles. The number of carboxylic acid groups (broad SMARTS) is 1. The van der Waals surface area contributed by atoms with Gasteiger partial charge in [0, 0.05) is 56.1 Å². The number of aliphatic hydroxyl groups is 1. The molecule has 1 atom stereocenters. The zero-order valence-corrected chi connectivity index (χ0v) is 23.7. The maximum absolute atomic E-state index is 12.7. The fourth-order valence-corrected chi connectivity index (χ4v) is 5.29. The summed E-state index contributed by atoms with van der Waals surface area (Å²) in [6.45, 7) is 4.40. The van der Waals surface area contributed by atoms with E-state index in [1.165, 1.54) is 23.1 Å². The Morgan fingerprint density at radius 1 is 1.12 bits per heavy atom. The number of carbonyl (C=O) groups excluding carboxylic acids is 1. The van der Waals surface area contributed by atoms with Crippen LogP contribution in [0.2, 0.25) is 0 Å². The number of morpholine rings is 1.